The molecule has 1 aromatic carbocycles. The number of nitro groups is 1. The lowest BCUT2D eigenvalue weighted by Crippen LogP contribution is -2.43. The molecule has 0 spiro atoms. The molecule has 0 bridgehead atoms. The van der Waals surface area contributed by atoms with E-state index in [1.54, 1.807) is 0 Å². The van der Waals surface area contributed by atoms with E-state index in [9.17, 15) is 14.5 Å². The maximum absolute atomic E-state index is 13.7. The third kappa shape index (κ3) is 3.72. The maximum Gasteiger partial charge on any atom is 0.295 e. The summed E-state index contributed by atoms with van der Waals surface area (Å²) in [6, 6.07) is 2.85. The van der Waals surface area contributed by atoms with Gasteiger partial charge in [-0.2, -0.15) is 0 Å². The first-order valence-corrected chi connectivity index (χ1v) is 8.08. The van der Waals surface area contributed by atoms with Gasteiger partial charge >= 0.3 is 0 Å². The van der Waals surface area contributed by atoms with Gasteiger partial charge in [0.15, 0.2) is 11.6 Å². The number of anilines is 1. The molecule has 1 heterocycles. The van der Waals surface area contributed by atoms with Crippen molar-refractivity contribution in [3.8, 4) is 5.75 Å². The quantitative estimate of drug-likeness (QED) is 0.644. The van der Waals surface area contributed by atoms with Crippen LogP contribution < -0.4 is 15.0 Å². The van der Waals surface area contributed by atoms with Crippen molar-refractivity contribution in [2.75, 3.05) is 31.6 Å². The highest BCUT2D eigenvalue weighted by atomic mass is 19.1. The molecule has 0 unspecified atom stereocenters. The first-order valence-electron chi connectivity index (χ1n) is 8.08. The van der Waals surface area contributed by atoms with Crippen LogP contribution in [0.4, 0.5) is 15.8 Å². The molecule has 1 saturated carbocycles. The van der Waals surface area contributed by atoms with Gasteiger partial charge in [-0.05, 0) is 38.1 Å². The summed E-state index contributed by atoms with van der Waals surface area (Å²) in [6.07, 6.45) is 4.52. The van der Waals surface area contributed by atoms with Crippen LogP contribution in [0.3, 0.4) is 0 Å². The zero-order valence-corrected chi connectivity index (χ0v) is 13.3. The van der Waals surface area contributed by atoms with Gasteiger partial charge < -0.3 is 15.0 Å². The second-order valence-electron chi connectivity index (χ2n) is 6.35. The molecule has 1 aliphatic carbocycles. The third-order valence-corrected chi connectivity index (χ3v) is 4.67. The van der Waals surface area contributed by atoms with Crippen molar-refractivity contribution in [3.05, 3.63) is 28.1 Å². The zero-order valence-electron chi connectivity index (χ0n) is 13.3. The number of nitro benzene ring substituents is 1. The zero-order chi connectivity index (χ0) is 16.4. The van der Waals surface area contributed by atoms with Crippen molar-refractivity contribution in [1.82, 2.24) is 5.32 Å². The number of hydrogen-bond acceptors (Lipinski definition) is 5. The minimum absolute atomic E-state index is 0.0413. The van der Waals surface area contributed by atoms with E-state index in [2.05, 4.69) is 5.32 Å². The second kappa shape index (κ2) is 6.70. The highest BCUT2D eigenvalue weighted by molar-refractivity contribution is 5.66. The summed E-state index contributed by atoms with van der Waals surface area (Å²) in [4.78, 5) is 12.6. The molecule has 6 nitrogen and oxygen atoms in total. The van der Waals surface area contributed by atoms with Gasteiger partial charge in [0.1, 0.15) is 5.69 Å². The smallest absolute Gasteiger partial charge is 0.295 e. The molecule has 23 heavy (non-hydrogen) atoms. The Morgan fingerprint density at radius 1 is 1.35 bits per heavy atom. The summed E-state index contributed by atoms with van der Waals surface area (Å²) in [6.45, 7) is 2.52. The van der Waals surface area contributed by atoms with Crippen LogP contribution in [0.2, 0.25) is 0 Å². The molecule has 0 radical (unpaired) electrons. The Kier molecular flexibility index (Phi) is 4.66. The first kappa shape index (κ1) is 16.0. The number of hydrogen-bond donors (Lipinski definition) is 1. The number of benzene rings is 1. The maximum atomic E-state index is 13.7. The molecule has 1 aliphatic heterocycles. The largest absolute Gasteiger partial charge is 0.494 e. The minimum Gasteiger partial charge on any atom is -0.494 e. The lowest BCUT2D eigenvalue weighted by molar-refractivity contribution is -0.384. The molecule has 7 heteroatoms. The van der Waals surface area contributed by atoms with Gasteiger partial charge in [-0.1, -0.05) is 0 Å². The van der Waals surface area contributed by atoms with Gasteiger partial charge in [0.2, 0.25) is 0 Å². The van der Waals surface area contributed by atoms with Crippen molar-refractivity contribution in [3.63, 3.8) is 0 Å². The van der Waals surface area contributed by atoms with Gasteiger partial charge in [-0.25, -0.2) is 4.39 Å². The molecular formula is C16H22FN3O3. The summed E-state index contributed by atoms with van der Waals surface area (Å²) in [5, 5.41) is 14.8. The van der Waals surface area contributed by atoms with Crippen LogP contribution in [0.1, 0.15) is 25.7 Å². The van der Waals surface area contributed by atoms with Crippen LogP contribution in [-0.2, 0) is 0 Å². The van der Waals surface area contributed by atoms with Crippen molar-refractivity contribution in [1.29, 1.82) is 0 Å². The summed E-state index contributed by atoms with van der Waals surface area (Å²) in [7, 11) is 1.36. The molecular weight excluding hydrogens is 301 g/mol. The van der Waals surface area contributed by atoms with Gasteiger partial charge in [-0.3, -0.25) is 10.1 Å². The second-order valence-corrected chi connectivity index (χ2v) is 6.35. The van der Waals surface area contributed by atoms with Crippen LogP contribution >= 0.6 is 0 Å². The average Bonchev–Trinajstić information content (AvgIpc) is 3.37. The molecule has 0 atom stereocenters. The highest BCUT2D eigenvalue weighted by Gasteiger charge is 2.28. The first-order chi connectivity index (χ1) is 11.1. The molecule has 126 valence electrons. The molecule has 0 aromatic heterocycles. The standard InChI is InChI=1S/C16H22FN3O3/c1-23-16-9-14(15(20(21)22)8-13(16)17)19-6-4-12(5-7-19)18-10-11-2-3-11/h8-9,11-12,18H,2-7,10H2,1H3. The van der Waals surface area contributed by atoms with Gasteiger partial charge in [0.25, 0.3) is 5.69 Å². The summed E-state index contributed by atoms with van der Waals surface area (Å²) >= 11 is 0. The highest BCUT2D eigenvalue weighted by Crippen LogP contribution is 2.36. The number of ether oxygens (including phenoxy) is 1. The average molecular weight is 323 g/mol. The van der Waals surface area contributed by atoms with E-state index in [0.29, 0.717) is 11.7 Å². The number of nitrogens with one attached hydrogen (secondary N) is 1. The van der Waals surface area contributed by atoms with Crippen LogP contribution in [-0.4, -0.2) is 37.7 Å². The molecule has 2 fully saturated rings. The summed E-state index contributed by atoms with van der Waals surface area (Å²) < 4.78 is 18.7. The Bertz CT molecular complexity index is 584. The summed E-state index contributed by atoms with van der Waals surface area (Å²) in [5.74, 6) is 0.180. The van der Waals surface area contributed by atoms with Crippen molar-refractivity contribution < 1.29 is 14.1 Å². The minimum atomic E-state index is -0.705. The molecule has 1 aromatic rings. The van der Waals surface area contributed by atoms with Crippen molar-refractivity contribution in [2.45, 2.75) is 31.7 Å². The molecule has 0 amide bonds. The van der Waals surface area contributed by atoms with Crippen LogP contribution in [0.15, 0.2) is 12.1 Å². The topological polar surface area (TPSA) is 67.6 Å². The number of rotatable bonds is 6. The van der Waals surface area contributed by atoms with E-state index in [4.69, 9.17) is 4.74 Å². The van der Waals surface area contributed by atoms with E-state index in [-0.39, 0.29) is 11.4 Å². The number of nitrogens with zero attached hydrogens (tertiary/aromatic N) is 2. The van der Waals surface area contributed by atoms with Crippen molar-refractivity contribution >= 4 is 11.4 Å². The Hall–Kier alpha value is -1.89. The third-order valence-electron chi connectivity index (χ3n) is 4.67. The Balaban J connectivity index is 1.69. The van der Waals surface area contributed by atoms with E-state index >= 15 is 0 Å². The fraction of sp³-hybridized carbons (Fsp3) is 0.625. The Labute approximate surface area is 134 Å². The molecule has 2 aliphatic rings. The number of halogens is 1. The van der Waals surface area contributed by atoms with Gasteiger partial charge in [0, 0.05) is 25.2 Å². The van der Waals surface area contributed by atoms with Crippen LogP contribution in [0.25, 0.3) is 0 Å². The van der Waals surface area contributed by atoms with Gasteiger partial charge in [0.05, 0.1) is 18.1 Å². The fourth-order valence-corrected chi connectivity index (χ4v) is 3.07. The normalized spacial score (nSPS) is 19.0. The molecule has 1 saturated heterocycles. The number of piperidine rings is 1. The Morgan fingerprint density at radius 3 is 2.61 bits per heavy atom. The van der Waals surface area contributed by atoms with Gasteiger partial charge in [-0.15, -0.1) is 0 Å². The van der Waals surface area contributed by atoms with Crippen LogP contribution in [0, 0.1) is 21.8 Å². The SMILES string of the molecule is COc1cc(N2CCC(NCC3CC3)CC2)c([N+](=O)[O-])cc1F. The van der Waals surface area contributed by atoms with E-state index in [1.807, 2.05) is 4.90 Å². The molecule has 1 N–H and O–H groups in total. The predicted molar refractivity (Wildman–Crippen MR) is 85.6 cm³/mol. The van der Waals surface area contributed by atoms with E-state index < -0.39 is 10.7 Å². The van der Waals surface area contributed by atoms with E-state index in [1.165, 1.54) is 26.0 Å². The van der Waals surface area contributed by atoms with Crippen LogP contribution in [0.5, 0.6) is 5.75 Å². The van der Waals surface area contributed by atoms with Crippen molar-refractivity contribution in [2.24, 2.45) is 5.92 Å². The molecule has 3 rings (SSSR count). The summed E-state index contributed by atoms with van der Waals surface area (Å²) in [5.41, 5.74) is 0.238. The lowest BCUT2D eigenvalue weighted by atomic mass is 10.0. The lowest BCUT2D eigenvalue weighted by Gasteiger charge is -2.34. The monoisotopic (exact) mass is 323 g/mol. The number of methoxy groups -OCH3 is 1. The predicted octanol–water partition coefficient (Wildman–Crippen LogP) is 2.71. The van der Waals surface area contributed by atoms with E-state index in [0.717, 1.165) is 44.5 Å². The Morgan fingerprint density at radius 2 is 2.04 bits per heavy atom. The fourth-order valence-electron chi connectivity index (χ4n) is 3.07.